The van der Waals surface area contributed by atoms with Crippen molar-refractivity contribution in [3.8, 4) is 11.5 Å². The second-order valence-corrected chi connectivity index (χ2v) is 12.9. The van der Waals surface area contributed by atoms with E-state index >= 15 is 0 Å². The molecule has 0 saturated carbocycles. The maximum atomic E-state index is 13.2. The molecule has 6 heteroatoms. The smallest absolute Gasteiger partial charge is 0.338 e. The van der Waals surface area contributed by atoms with Crippen LogP contribution >= 0.6 is 0 Å². The zero-order valence-electron chi connectivity index (χ0n) is 29.1. The van der Waals surface area contributed by atoms with E-state index in [4.69, 9.17) is 18.9 Å². The molecule has 0 amide bonds. The molecule has 0 saturated heterocycles. The Morgan fingerprint density at radius 2 is 0.922 bits per heavy atom. The minimum atomic E-state index is -0.457. The van der Waals surface area contributed by atoms with Gasteiger partial charge in [0.2, 0.25) is 0 Å². The van der Waals surface area contributed by atoms with Gasteiger partial charge in [0.15, 0.2) is 0 Å². The topological polar surface area (TPSA) is 71.1 Å². The van der Waals surface area contributed by atoms with Crippen LogP contribution in [0.5, 0.6) is 11.5 Å². The van der Waals surface area contributed by atoms with Crippen molar-refractivity contribution in [3.63, 3.8) is 0 Å². The van der Waals surface area contributed by atoms with E-state index in [0.717, 1.165) is 48.7 Å². The van der Waals surface area contributed by atoms with Crippen molar-refractivity contribution in [2.45, 2.75) is 45.8 Å². The normalized spacial score (nSPS) is 12.5. The van der Waals surface area contributed by atoms with Crippen LogP contribution in [-0.4, -0.2) is 37.4 Å². The Bertz CT molecular complexity index is 2380. The van der Waals surface area contributed by atoms with Crippen LogP contribution in [0.1, 0.15) is 53.0 Å². The first kappa shape index (κ1) is 33.6. The fourth-order valence-corrected chi connectivity index (χ4v) is 6.42. The number of rotatable bonds is 12. The molecule has 0 spiro atoms. The minimum Gasteiger partial charge on any atom is -0.488 e. The third-order valence-corrected chi connectivity index (χ3v) is 9.34. The number of aryl methyl sites for hydroxylation is 1. The van der Waals surface area contributed by atoms with Crippen molar-refractivity contribution >= 4 is 55.0 Å². The monoisotopic (exact) mass is 676 g/mol. The molecule has 0 aliphatic heterocycles. The standard InChI is InChI=1S/C45H40O6/c1-4-36(50-44(46)34-21-19-30-12-6-8-14-32(30)25-34)27-48-42-38-16-10-11-17-39(38)43(41-24-29(3)18-23-40(41)42)49-28-37(5-2)51-45(47)35-22-20-31-13-7-9-15-33(31)26-35/h6-26,36-37H,4-5,27-28H2,1-3H3. The summed E-state index contributed by atoms with van der Waals surface area (Å²) in [4.78, 5) is 26.4. The van der Waals surface area contributed by atoms with Gasteiger partial charge in [0.1, 0.15) is 36.9 Å². The third kappa shape index (κ3) is 7.22. The van der Waals surface area contributed by atoms with Gasteiger partial charge in [-0.25, -0.2) is 9.59 Å². The number of fused-ring (bicyclic) bond motifs is 4. The van der Waals surface area contributed by atoms with Crippen LogP contribution in [0.15, 0.2) is 127 Å². The Morgan fingerprint density at radius 3 is 1.41 bits per heavy atom. The molecule has 51 heavy (non-hydrogen) atoms. The highest BCUT2D eigenvalue weighted by molar-refractivity contribution is 6.11. The lowest BCUT2D eigenvalue weighted by atomic mass is 9.99. The Hall–Kier alpha value is -5.88. The Balaban J connectivity index is 1.12. The number of carbonyl (C=O) groups excluding carboxylic acids is 2. The largest absolute Gasteiger partial charge is 0.488 e. The van der Waals surface area contributed by atoms with Gasteiger partial charge in [-0.15, -0.1) is 0 Å². The van der Waals surface area contributed by atoms with Crippen molar-refractivity contribution in [3.05, 3.63) is 144 Å². The number of hydrogen-bond acceptors (Lipinski definition) is 6. The van der Waals surface area contributed by atoms with Crippen LogP contribution in [0.2, 0.25) is 0 Å². The van der Waals surface area contributed by atoms with Crippen molar-refractivity contribution in [2.24, 2.45) is 0 Å². The van der Waals surface area contributed by atoms with Gasteiger partial charge in [-0.05, 0) is 71.6 Å². The lowest BCUT2D eigenvalue weighted by Gasteiger charge is -2.22. The first-order valence-corrected chi connectivity index (χ1v) is 17.5. The van der Waals surface area contributed by atoms with Gasteiger partial charge >= 0.3 is 11.9 Å². The van der Waals surface area contributed by atoms with E-state index in [1.807, 2.05) is 130 Å². The molecule has 0 heterocycles. The summed E-state index contributed by atoms with van der Waals surface area (Å²) in [6.45, 7) is 6.38. The van der Waals surface area contributed by atoms with Crippen molar-refractivity contribution in [2.75, 3.05) is 13.2 Å². The lowest BCUT2D eigenvalue weighted by molar-refractivity contribution is 0.0159. The number of esters is 2. The van der Waals surface area contributed by atoms with E-state index in [0.29, 0.717) is 35.5 Å². The highest BCUT2D eigenvalue weighted by atomic mass is 16.6. The van der Waals surface area contributed by atoms with Gasteiger partial charge in [0, 0.05) is 21.5 Å². The molecule has 0 N–H and O–H groups in total. The number of hydrogen-bond donors (Lipinski definition) is 0. The fraction of sp³-hybridized carbons (Fsp3) is 0.200. The molecule has 7 rings (SSSR count). The van der Waals surface area contributed by atoms with Gasteiger partial charge in [-0.2, -0.15) is 0 Å². The summed E-state index contributed by atoms with van der Waals surface area (Å²) in [6.07, 6.45) is 0.264. The van der Waals surface area contributed by atoms with Crippen molar-refractivity contribution in [1.82, 2.24) is 0 Å². The van der Waals surface area contributed by atoms with Crippen LogP contribution in [0.3, 0.4) is 0 Å². The molecular weight excluding hydrogens is 636 g/mol. The van der Waals surface area contributed by atoms with Crippen LogP contribution in [-0.2, 0) is 9.47 Å². The van der Waals surface area contributed by atoms with Crippen molar-refractivity contribution in [1.29, 1.82) is 0 Å². The molecule has 0 fully saturated rings. The number of carbonyl (C=O) groups is 2. The van der Waals surface area contributed by atoms with Crippen LogP contribution in [0.25, 0.3) is 43.1 Å². The van der Waals surface area contributed by atoms with Gasteiger partial charge in [-0.1, -0.05) is 116 Å². The lowest BCUT2D eigenvalue weighted by Crippen LogP contribution is -2.25. The van der Waals surface area contributed by atoms with Gasteiger partial charge < -0.3 is 18.9 Å². The summed E-state index contributed by atoms with van der Waals surface area (Å²) in [7, 11) is 0. The van der Waals surface area contributed by atoms with Gasteiger partial charge in [0.05, 0.1) is 11.1 Å². The summed E-state index contributed by atoms with van der Waals surface area (Å²) in [5.74, 6) is 0.643. The first-order valence-electron chi connectivity index (χ1n) is 17.5. The zero-order valence-corrected chi connectivity index (χ0v) is 29.1. The molecule has 6 nitrogen and oxygen atoms in total. The molecule has 0 aliphatic carbocycles. The molecule has 0 aromatic heterocycles. The maximum absolute atomic E-state index is 13.2. The van der Waals surface area contributed by atoms with Gasteiger partial charge in [-0.3, -0.25) is 0 Å². The predicted octanol–water partition coefficient (Wildman–Crippen LogP) is 10.6. The number of benzene rings is 7. The van der Waals surface area contributed by atoms with E-state index in [-0.39, 0.29) is 25.2 Å². The van der Waals surface area contributed by atoms with Crippen LogP contribution < -0.4 is 9.47 Å². The summed E-state index contributed by atoms with van der Waals surface area (Å²) in [6, 6.07) is 41.2. The second-order valence-electron chi connectivity index (χ2n) is 12.9. The average molecular weight is 677 g/mol. The van der Waals surface area contributed by atoms with E-state index < -0.39 is 12.2 Å². The molecule has 2 atom stereocenters. The van der Waals surface area contributed by atoms with Gasteiger partial charge in [0.25, 0.3) is 0 Å². The molecule has 0 aliphatic rings. The fourth-order valence-electron chi connectivity index (χ4n) is 6.42. The quantitative estimate of drug-likeness (QED) is 0.0948. The summed E-state index contributed by atoms with van der Waals surface area (Å²) < 4.78 is 25.1. The first-order chi connectivity index (χ1) is 24.9. The molecule has 256 valence electrons. The summed E-state index contributed by atoms with van der Waals surface area (Å²) >= 11 is 0. The third-order valence-electron chi connectivity index (χ3n) is 9.34. The SMILES string of the molecule is CCC(COc1c2ccccc2c(OCC(CC)OC(=O)c2ccc3ccccc3c2)c2cc(C)ccc12)OC(=O)c1ccc2ccccc2c1. The highest BCUT2D eigenvalue weighted by Crippen LogP contribution is 2.43. The highest BCUT2D eigenvalue weighted by Gasteiger charge is 2.22. The van der Waals surface area contributed by atoms with E-state index in [9.17, 15) is 9.59 Å². The minimum absolute atomic E-state index is 0.186. The molecule has 7 aromatic rings. The van der Waals surface area contributed by atoms with E-state index in [1.165, 1.54) is 0 Å². The molecule has 0 radical (unpaired) electrons. The van der Waals surface area contributed by atoms with Crippen LogP contribution in [0, 0.1) is 6.92 Å². The van der Waals surface area contributed by atoms with E-state index in [2.05, 4.69) is 6.07 Å². The Labute approximate surface area is 297 Å². The van der Waals surface area contributed by atoms with Crippen molar-refractivity contribution < 1.29 is 28.5 Å². The molecule has 0 bridgehead atoms. The maximum Gasteiger partial charge on any atom is 0.338 e. The Morgan fingerprint density at radius 1 is 0.490 bits per heavy atom. The molecule has 2 unspecified atom stereocenters. The van der Waals surface area contributed by atoms with E-state index in [1.54, 1.807) is 12.1 Å². The molecular formula is C45H40O6. The summed E-state index contributed by atoms with van der Waals surface area (Å²) in [5, 5.41) is 7.63. The second kappa shape index (κ2) is 14.9. The zero-order chi connectivity index (χ0) is 35.3. The number of ether oxygens (including phenoxy) is 4. The summed E-state index contributed by atoms with van der Waals surface area (Å²) in [5.41, 5.74) is 2.08. The predicted molar refractivity (Wildman–Crippen MR) is 204 cm³/mol. The molecule has 7 aromatic carbocycles. The van der Waals surface area contributed by atoms with Crippen LogP contribution in [0.4, 0.5) is 0 Å². The Kier molecular flexibility index (Phi) is 9.84. The average Bonchev–Trinajstić information content (AvgIpc) is 3.17.